The molecular formula is C18H21NO. The van der Waals surface area contributed by atoms with Gasteiger partial charge in [0, 0.05) is 0 Å². The first kappa shape index (κ1) is 13.2. The van der Waals surface area contributed by atoms with Crippen LogP contribution in [0, 0.1) is 0 Å². The van der Waals surface area contributed by atoms with Gasteiger partial charge in [0.1, 0.15) is 11.9 Å². The van der Waals surface area contributed by atoms with Crippen molar-refractivity contribution in [1.29, 1.82) is 0 Å². The predicted octanol–water partition coefficient (Wildman–Crippen LogP) is 3.64. The maximum Gasteiger partial charge on any atom is 0.120 e. The van der Waals surface area contributed by atoms with Gasteiger partial charge < -0.3 is 10.5 Å². The molecule has 0 bridgehead atoms. The van der Waals surface area contributed by atoms with Crippen LogP contribution in [0.5, 0.6) is 5.75 Å². The molecule has 0 aromatic heterocycles. The Labute approximate surface area is 120 Å². The third kappa shape index (κ3) is 2.56. The number of fused-ring (bicyclic) bond motifs is 1. The van der Waals surface area contributed by atoms with E-state index in [9.17, 15) is 0 Å². The van der Waals surface area contributed by atoms with Crippen LogP contribution >= 0.6 is 0 Å². The fourth-order valence-corrected chi connectivity index (χ4v) is 2.91. The van der Waals surface area contributed by atoms with Gasteiger partial charge in [0.25, 0.3) is 0 Å². The topological polar surface area (TPSA) is 35.2 Å². The van der Waals surface area contributed by atoms with E-state index in [-0.39, 0.29) is 12.1 Å². The van der Waals surface area contributed by atoms with Gasteiger partial charge in [0.05, 0.1) is 6.04 Å². The van der Waals surface area contributed by atoms with Crippen LogP contribution in [0.1, 0.15) is 36.1 Å². The normalized spacial score (nSPS) is 21.3. The predicted molar refractivity (Wildman–Crippen MR) is 81.9 cm³/mol. The standard InChI is InChI=1S/C18H21NO/c1-2-13-6-5-8-15(12-13)20-17-11-10-14-7-3-4-9-16(14)18(17)19/h3-9,12,17-18H,2,10-11,19H2,1H3. The van der Waals surface area contributed by atoms with Crippen LogP contribution in [0.3, 0.4) is 0 Å². The number of benzene rings is 2. The molecule has 1 aliphatic carbocycles. The zero-order valence-corrected chi connectivity index (χ0v) is 11.9. The average molecular weight is 267 g/mol. The molecule has 2 aromatic rings. The van der Waals surface area contributed by atoms with Crippen molar-refractivity contribution in [2.45, 2.75) is 38.3 Å². The Morgan fingerprint density at radius 1 is 1.15 bits per heavy atom. The number of rotatable bonds is 3. The van der Waals surface area contributed by atoms with E-state index in [1.54, 1.807) is 0 Å². The number of hydrogen-bond acceptors (Lipinski definition) is 2. The minimum atomic E-state index is -0.0368. The molecule has 2 heteroatoms. The van der Waals surface area contributed by atoms with Crippen LogP contribution < -0.4 is 10.5 Å². The summed E-state index contributed by atoms with van der Waals surface area (Å²) in [5.74, 6) is 0.934. The van der Waals surface area contributed by atoms with E-state index in [0.29, 0.717) is 0 Å². The lowest BCUT2D eigenvalue weighted by atomic mass is 9.86. The zero-order chi connectivity index (χ0) is 13.9. The third-order valence-electron chi connectivity index (χ3n) is 4.11. The van der Waals surface area contributed by atoms with Gasteiger partial charge in [-0.1, -0.05) is 43.3 Å². The van der Waals surface area contributed by atoms with Crippen LogP contribution in [0.4, 0.5) is 0 Å². The molecule has 0 amide bonds. The maximum absolute atomic E-state index is 6.38. The molecule has 2 atom stereocenters. The van der Waals surface area contributed by atoms with Crippen LogP contribution in [0.25, 0.3) is 0 Å². The maximum atomic E-state index is 6.38. The van der Waals surface area contributed by atoms with Crippen LogP contribution in [-0.4, -0.2) is 6.10 Å². The molecular weight excluding hydrogens is 246 g/mol. The lowest BCUT2D eigenvalue weighted by Crippen LogP contribution is -2.35. The highest BCUT2D eigenvalue weighted by molar-refractivity contribution is 5.34. The summed E-state index contributed by atoms with van der Waals surface area (Å²) in [5, 5.41) is 0. The number of ether oxygens (including phenoxy) is 1. The van der Waals surface area contributed by atoms with Gasteiger partial charge in [-0.25, -0.2) is 0 Å². The summed E-state index contributed by atoms with van der Waals surface area (Å²) in [6.45, 7) is 2.15. The molecule has 20 heavy (non-hydrogen) atoms. The molecule has 3 rings (SSSR count). The first-order valence-corrected chi connectivity index (χ1v) is 7.37. The summed E-state index contributed by atoms with van der Waals surface area (Å²) >= 11 is 0. The second kappa shape index (κ2) is 5.68. The van der Waals surface area contributed by atoms with Gasteiger partial charge in [0.2, 0.25) is 0 Å². The van der Waals surface area contributed by atoms with Crippen molar-refractivity contribution in [2.75, 3.05) is 0 Å². The summed E-state index contributed by atoms with van der Waals surface area (Å²) in [6.07, 6.45) is 3.12. The minimum absolute atomic E-state index is 0.0368. The number of nitrogens with two attached hydrogens (primary N) is 1. The van der Waals surface area contributed by atoms with E-state index in [2.05, 4.69) is 49.4 Å². The van der Waals surface area contributed by atoms with Crippen LogP contribution in [0.15, 0.2) is 48.5 Å². The van der Waals surface area contributed by atoms with Crippen molar-refractivity contribution in [3.05, 3.63) is 65.2 Å². The van der Waals surface area contributed by atoms with Crippen molar-refractivity contribution < 1.29 is 4.74 Å². The molecule has 104 valence electrons. The smallest absolute Gasteiger partial charge is 0.120 e. The average Bonchev–Trinajstić information content (AvgIpc) is 2.50. The minimum Gasteiger partial charge on any atom is -0.488 e. The van der Waals surface area contributed by atoms with Gasteiger partial charge in [-0.15, -0.1) is 0 Å². The summed E-state index contributed by atoms with van der Waals surface area (Å²) < 4.78 is 6.14. The summed E-state index contributed by atoms with van der Waals surface area (Å²) in [7, 11) is 0. The Kier molecular flexibility index (Phi) is 3.75. The molecule has 0 saturated carbocycles. The SMILES string of the molecule is CCc1cccc(OC2CCc3ccccc3C2N)c1. The highest BCUT2D eigenvalue weighted by atomic mass is 16.5. The molecule has 0 radical (unpaired) electrons. The van der Waals surface area contributed by atoms with Crippen molar-refractivity contribution in [2.24, 2.45) is 5.73 Å². The molecule has 0 heterocycles. The largest absolute Gasteiger partial charge is 0.488 e. The van der Waals surface area contributed by atoms with Crippen LogP contribution in [0.2, 0.25) is 0 Å². The highest BCUT2D eigenvalue weighted by Crippen LogP contribution is 2.31. The highest BCUT2D eigenvalue weighted by Gasteiger charge is 2.27. The second-order valence-electron chi connectivity index (χ2n) is 5.42. The fourth-order valence-electron chi connectivity index (χ4n) is 2.91. The van der Waals surface area contributed by atoms with Gasteiger partial charge in [-0.05, 0) is 48.1 Å². The van der Waals surface area contributed by atoms with Crippen molar-refractivity contribution in [3.8, 4) is 5.75 Å². The Morgan fingerprint density at radius 3 is 2.85 bits per heavy atom. The molecule has 2 nitrogen and oxygen atoms in total. The van der Waals surface area contributed by atoms with Gasteiger partial charge in [-0.3, -0.25) is 0 Å². The lowest BCUT2D eigenvalue weighted by Gasteiger charge is -2.31. The molecule has 2 aromatic carbocycles. The zero-order valence-electron chi connectivity index (χ0n) is 11.9. The van der Waals surface area contributed by atoms with E-state index < -0.39 is 0 Å². The van der Waals surface area contributed by atoms with Crippen molar-refractivity contribution in [1.82, 2.24) is 0 Å². The van der Waals surface area contributed by atoms with Gasteiger partial charge in [-0.2, -0.15) is 0 Å². The molecule has 0 fully saturated rings. The van der Waals surface area contributed by atoms with Crippen molar-refractivity contribution >= 4 is 0 Å². The van der Waals surface area contributed by atoms with Crippen LogP contribution in [-0.2, 0) is 12.8 Å². The first-order valence-electron chi connectivity index (χ1n) is 7.37. The van der Waals surface area contributed by atoms with E-state index in [1.165, 1.54) is 16.7 Å². The van der Waals surface area contributed by atoms with E-state index in [4.69, 9.17) is 10.5 Å². The molecule has 0 spiro atoms. The van der Waals surface area contributed by atoms with E-state index in [0.717, 1.165) is 25.0 Å². The molecule has 1 aliphatic rings. The first-order chi connectivity index (χ1) is 9.78. The Balaban J connectivity index is 1.79. The molecule has 2 unspecified atom stereocenters. The summed E-state index contributed by atoms with van der Waals surface area (Å²) in [4.78, 5) is 0. The van der Waals surface area contributed by atoms with Gasteiger partial charge in [0.15, 0.2) is 0 Å². The van der Waals surface area contributed by atoms with Gasteiger partial charge >= 0.3 is 0 Å². The summed E-state index contributed by atoms with van der Waals surface area (Å²) in [6, 6.07) is 16.7. The van der Waals surface area contributed by atoms with E-state index >= 15 is 0 Å². The third-order valence-corrected chi connectivity index (χ3v) is 4.11. The lowest BCUT2D eigenvalue weighted by molar-refractivity contribution is 0.153. The molecule has 0 aliphatic heterocycles. The molecule has 2 N–H and O–H groups in total. The quantitative estimate of drug-likeness (QED) is 0.921. The Morgan fingerprint density at radius 2 is 2.00 bits per heavy atom. The molecule has 0 saturated heterocycles. The summed E-state index contributed by atoms with van der Waals surface area (Å²) in [5.41, 5.74) is 10.3. The van der Waals surface area contributed by atoms with E-state index in [1.807, 2.05) is 6.07 Å². The Hall–Kier alpha value is -1.80. The fraction of sp³-hybridized carbons (Fsp3) is 0.333. The van der Waals surface area contributed by atoms with Crippen molar-refractivity contribution in [3.63, 3.8) is 0 Å². The Bertz CT molecular complexity index is 593. The second-order valence-corrected chi connectivity index (χ2v) is 5.42. The monoisotopic (exact) mass is 267 g/mol. The number of hydrogen-bond donors (Lipinski definition) is 1. The number of aryl methyl sites for hydroxylation is 2.